The molecule has 3 aliphatic heterocycles. The highest BCUT2D eigenvalue weighted by molar-refractivity contribution is 5.82. The van der Waals surface area contributed by atoms with E-state index in [0.717, 1.165) is 45.7 Å². The van der Waals surface area contributed by atoms with Gasteiger partial charge in [0.2, 0.25) is 0 Å². The Morgan fingerprint density at radius 3 is 2.74 bits per heavy atom. The molecule has 5 heteroatoms. The van der Waals surface area contributed by atoms with Crippen LogP contribution in [0, 0.1) is 11.8 Å². The zero-order chi connectivity index (χ0) is 20.8. The number of fused-ring (bicyclic) bond motifs is 2. The second kappa shape index (κ2) is 7.75. The molecule has 4 atom stereocenters. The van der Waals surface area contributed by atoms with Crippen LogP contribution in [0.25, 0.3) is 10.9 Å². The first-order valence-electron chi connectivity index (χ1n) is 11.6. The highest BCUT2D eigenvalue weighted by Crippen LogP contribution is 2.49. The average Bonchev–Trinajstić information content (AvgIpc) is 3.44. The molecule has 3 aliphatic rings. The molecule has 4 heterocycles. The number of H-pyrrole nitrogens is 1. The molecule has 2 N–H and O–H groups in total. The van der Waals surface area contributed by atoms with Crippen molar-refractivity contribution < 1.29 is 9.84 Å². The standard InChI is InChI=1S/C26H31N3O2/c30-16-22-23-14-28(12-10-19-5-2-1-3-6-19)17-26(23)18-29(15-25(22)31-26)13-20-7-4-8-24-21(20)9-11-27-24/h1-9,11,22-23,25,27,30H,10,12-18H2/t22-,23+,25+,26-/m0/s1. The molecule has 0 aliphatic carbocycles. The predicted molar refractivity (Wildman–Crippen MR) is 122 cm³/mol. The normalized spacial score (nSPS) is 30.8. The molecular weight excluding hydrogens is 386 g/mol. The van der Waals surface area contributed by atoms with Gasteiger partial charge < -0.3 is 14.8 Å². The molecule has 0 saturated carbocycles. The summed E-state index contributed by atoms with van der Waals surface area (Å²) in [5.74, 6) is 0.668. The highest BCUT2D eigenvalue weighted by Gasteiger charge is 2.61. The summed E-state index contributed by atoms with van der Waals surface area (Å²) < 4.78 is 6.69. The Balaban J connectivity index is 1.19. The molecule has 31 heavy (non-hydrogen) atoms. The molecule has 2 bridgehead atoms. The fourth-order valence-corrected chi connectivity index (χ4v) is 6.37. The van der Waals surface area contributed by atoms with E-state index in [9.17, 15) is 5.11 Å². The van der Waals surface area contributed by atoms with Gasteiger partial charge in [-0.05, 0) is 29.7 Å². The minimum Gasteiger partial charge on any atom is -0.396 e. The Labute approximate surface area is 183 Å². The van der Waals surface area contributed by atoms with E-state index >= 15 is 0 Å². The van der Waals surface area contributed by atoms with Crippen LogP contribution in [-0.2, 0) is 17.7 Å². The average molecular weight is 418 g/mol. The second-order valence-electron chi connectivity index (χ2n) is 9.67. The number of aromatic nitrogens is 1. The Morgan fingerprint density at radius 1 is 1.00 bits per heavy atom. The maximum atomic E-state index is 10.2. The summed E-state index contributed by atoms with van der Waals surface area (Å²) in [6.45, 7) is 6.09. The zero-order valence-corrected chi connectivity index (χ0v) is 17.9. The lowest BCUT2D eigenvalue weighted by atomic mass is 9.83. The molecule has 3 aromatic rings. The van der Waals surface area contributed by atoms with Crippen molar-refractivity contribution in [3.8, 4) is 0 Å². The number of hydrogen-bond acceptors (Lipinski definition) is 4. The van der Waals surface area contributed by atoms with Crippen LogP contribution in [0.15, 0.2) is 60.8 Å². The van der Waals surface area contributed by atoms with Crippen molar-refractivity contribution in [1.29, 1.82) is 0 Å². The van der Waals surface area contributed by atoms with Crippen LogP contribution >= 0.6 is 0 Å². The fraction of sp³-hybridized carbons (Fsp3) is 0.462. The lowest BCUT2D eigenvalue weighted by Crippen LogP contribution is -2.53. The predicted octanol–water partition coefficient (Wildman–Crippen LogP) is 2.90. The summed E-state index contributed by atoms with van der Waals surface area (Å²) in [6.07, 6.45) is 3.23. The Hall–Kier alpha value is -2.18. The third-order valence-electron chi connectivity index (χ3n) is 7.78. The highest BCUT2D eigenvalue weighted by atomic mass is 16.5. The van der Waals surface area contributed by atoms with E-state index in [1.165, 1.54) is 22.0 Å². The third kappa shape index (κ3) is 3.40. The van der Waals surface area contributed by atoms with Crippen LogP contribution in [0.5, 0.6) is 0 Å². The van der Waals surface area contributed by atoms with Gasteiger partial charge in [0, 0.05) is 74.8 Å². The number of aromatic amines is 1. The van der Waals surface area contributed by atoms with Crippen LogP contribution < -0.4 is 0 Å². The molecule has 6 rings (SSSR count). The van der Waals surface area contributed by atoms with Gasteiger partial charge in [-0.3, -0.25) is 9.80 Å². The van der Waals surface area contributed by atoms with Crippen molar-refractivity contribution in [2.24, 2.45) is 11.8 Å². The van der Waals surface area contributed by atoms with Crippen molar-refractivity contribution in [2.75, 3.05) is 39.3 Å². The van der Waals surface area contributed by atoms with Crippen LogP contribution in [0.3, 0.4) is 0 Å². The van der Waals surface area contributed by atoms with Gasteiger partial charge in [-0.25, -0.2) is 0 Å². The maximum Gasteiger partial charge on any atom is 0.0984 e. The summed E-state index contributed by atoms with van der Waals surface area (Å²) in [6, 6.07) is 19.4. The molecule has 3 saturated heterocycles. The van der Waals surface area contributed by atoms with E-state index in [-0.39, 0.29) is 24.2 Å². The first-order valence-corrected chi connectivity index (χ1v) is 11.6. The smallest absolute Gasteiger partial charge is 0.0984 e. The summed E-state index contributed by atoms with van der Waals surface area (Å²) in [5.41, 5.74) is 3.82. The first-order chi connectivity index (χ1) is 15.2. The largest absolute Gasteiger partial charge is 0.396 e. The van der Waals surface area contributed by atoms with Gasteiger partial charge in [0.25, 0.3) is 0 Å². The molecule has 3 fully saturated rings. The van der Waals surface area contributed by atoms with E-state index < -0.39 is 0 Å². The van der Waals surface area contributed by atoms with Crippen LogP contribution in [0.2, 0.25) is 0 Å². The lowest BCUT2D eigenvalue weighted by molar-refractivity contribution is -0.119. The Morgan fingerprint density at radius 2 is 1.87 bits per heavy atom. The molecule has 2 aromatic carbocycles. The molecule has 5 nitrogen and oxygen atoms in total. The number of benzene rings is 2. The SMILES string of the molecule is OC[C@H]1[C@H]2CN(CCc3ccccc3)C[C@]23CN(Cc2cccc4[nH]ccc24)C[C@H]1O3. The molecule has 1 spiro atoms. The summed E-state index contributed by atoms with van der Waals surface area (Å²) in [5, 5.41) is 11.5. The van der Waals surface area contributed by atoms with Gasteiger partial charge in [0.1, 0.15) is 0 Å². The maximum absolute atomic E-state index is 10.2. The molecule has 1 aromatic heterocycles. The summed E-state index contributed by atoms with van der Waals surface area (Å²) in [4.78, 5) is 8.46. The number of hydrogen-bond donors (Lipinski definition) is 2. The molecule has 162 valence electrons. The number of likely N-dealkylation sites (tertiary alicyclic amines) is 2. The minimum atomic E-state index is -0.140. The number of morpholine rings is 1. The minimum absolute atomic E-state index is 0.140. The van der Waals surface area contributed by atoms with Gasteiger partial charge in [-0.15, -0.1) is 0 Å². The zero-order valence-electron chi connectivity index (χ0n) is 17.9. The second-order valence-corrected chi connectivity index (χ2v) is 9.67. The topological polar surface area (TPSA) is 51.7 Å². The Kier molecular flexibility index (Phi) is 4.87. The van der Waals surface area contributed by atoms with Gasteiger partial charge in [0.15, 0.2) is 0 Å². The Bertz CT molecular complexity index is 1050. The van der Waals surface area contributed by atoms with Gasteiger partial charge in [-0.1, -0.05) is 42.5 Å². The van der Waals surface area contributed by atoms with Crippen LogP contribution in [0.1, 0.15) is 11.1 Å². The molecular formula is C26H31N3O2. The van der Waals surface area contributed by atoms with E-state index in [4.69, 9.17) is 4.74 Å². The summed E-state index contributed by atoms with van der Waals surface area (Å²) in [7, 11) is 0. The molecule has 0 unspecified atom stereocenters. The van der Waals surface area contributed by atoms with Gasteiger partial charge >= 0.3 is 0 Å². The monoisotopic (exact) mass is 417 g/mol. The number of rotatable bonds is 6. The molecule has 0 radical (unpaired) electrons. The number of aliphatic hydroxyl groups is 1. The van der Waals surface area contributed by atoms with Crippen LogP contribution in [-0.4, -0.2) is 70.9 Å². The lowest BCUT2D eigenvalue weighted by Gasteiger charge is -2.40. The van der Waals surface area contributed by atoms with Crippen molar-refractivity contribution in [2.45, 2.75) is 24.7 Å². The van der Waals surface area contributed by atoms with E-state index in [1.54, 1.807) is 0 Å². The first kappa shape index (κ1) is 19.5. The van der Waals surface area contributed by atoms with Gasteiger partial charge in [0.05, 0.1) is 11.7 Å². The number of nitrogens with one attached hydrogen (secondary N) is 1. The van der Waals surface area contributed by atoms with Crippen molar-refractivity contribution >= 4 is 10.9 Å². The van der Waals surface area contributed by atoms with E-state index in [0.29, 0.717) is 5.92 Å². The third-order valence-corrected chi connectivity index (χ3v) is 7.78. The van der Waals surface area contributed by atoms with Crippen molar-refractivity contribution in [1.82, 2.24) is 14.8 Å². The summed E-state index contributed by atoms with van der Waals surface area (Å²) >= 11 is 0. The van der Waals surface area contributed by atoms with Gasteiger partial charge in [-0.2, -0.15) is 0 Å². The quantitative estimate of drug-likeness (QED) is 0.648. The number of nitrogens with zero attached hydrogens (tertiary/aromatic N) is 2. The molecule has 0 amide bonds. The van der Waals surface area contributed by atoms with E-state index in [1.807, 2.05) is 6.20 Å². The van der Waals surface area contributed by atoms with Crippen LogP contribution in [0.4, 0.5) is 0 Å². The van der Waals surface area contributed by atoms with Crippen molar-refractivity contribution in [3.63, 3.8) is 0 Å². The van der Waals surface area contributed by atoms with E-state index in [2.05, 4.69) is 69.4 Å². The number of aliphatic hydroxyl groups excluding tert-OH is 1. The fourth-order valence-electron chi connectivity index (χ4n) is 6.37. The number of ether oxygens (including phenoxy) is 1. The van der Waals surface area contributed by atoms with Crippen molar-refractivity contribution in [3.05, 3.63) is 71.9 Å².